The van der Waals surface area contributed by atoms with Crippen LogP contribution in [-0.2, 0) is 26.3 Å². The number of amides is 1. The van der Waals surface area contributed by atoms with Crippen LogP contribution in [0.3, 0.4) is 0 Å². The third-order valence-corrected chi connectivity index (χ3v) is 3.97. The van der Waals surface area contributed by atoms with Crippen molar-refractivity contribution in [2.45, 2.75) is 6.54 Å². The van der Waals surface area contributed by atoms with Crippen molar-refractivity contribution in [2.24, 2.45) is 0 Å². The zero-order valence-corrected chi connectivity index (χ0v) is 12.3. The summed E-state index contributed by atoms with van der Waals surface area (Å²) in [5.41, 5.74) is 0.806. The molecule has 0 bridgehead atoms. The second-order valence-corrected chi connectivity index (χ2v) is 6.10. The second-order valence-electron chi connectivity index (χ2n) is 4.24. The van der Waals surface area contributed by atoms with E-state index in [0.29, 0.717) is 0 Å². The van der Waals surface area contributed by atoms with Crippen molar-refractivity contribution in [1.29, 1.82) is 0 Å². The maximum absolute atomic E-state index is 11.9. The van der Waals surface area contributed by atoms with Gasteiger partial charge in [-0.1, -0.05) is 30.3 Å². The number of carbonyl (C=O) groups excluding carboxylic acids is 1. The minimum Gasteiger partial charge on any atom is -0.480 e. The lowest BCUT2D eigenvalue weighted by Crippen LogP contribution is -2.44. The lowest BCUT2D eigenvalue weighted by molar-refractivity contribution is -0.137. The van der Waals surface area contributed by atoms with Crippen molar-refractivity contribution in [3.8, 4) is 0 Å². The number of hydrogen-bond acceptors (Lipinski definition) is 4. The van der Waals surface area contributed by atoms with Gasteiger partial charge in [-0.3, -0.25) is 9.59 Å². The Bertz CT molecular complexity index is 588. The van der Waals surface area contributed by atoms with Crippen LogP contribution in [0.5, 0.6) is 0 Å². The van der Waals surface area contributed by atoms with Crippen LogP contribution in [0.15, 0.2) is 30.3 Å². The Kier molecular flexibility index (Phi) is 6.28. The number of carboxylic acid groups (broad SMARTS) is 1. The first-order valence-corrected chi connectivity index (χ1v) is 7.48. The quantitative estimate of drug-likeness (QED) is 0.578. The highest BCUT2D eigenvalue weighted by atomic mass is 32.2. The van der Waals surface area contributed by atoms with Gasteiger partial charge >= 0.3 is 5.97 Å². The molecule has 116 valence electrons. The summed E-state index contributed by atoms with van der Waals surface area (Å²) in [5.74, 6) is -1.92. The number of rotatable bonds is 8. The van der Waals surface area contributed by atoms with Crippen LogP contribution in [-0.4, -0.2) is 49.8 Å². The molecule has 0 fully saturated rings. The molecule has 8 nitrogen and oxygen atoms in total. The number of nitrogens with zero attached hydrogens (tertiary/aromatic N) is 1. The summed E-state index contributed by atoms with van der Waals surface area (Å²) in [4.78, 5) is 21.5. The Morgan fingerprint density at radius 1 is 1.19 bits per heavy atom. The monoisotopic (exact) mass is 315 g/mol. The number of hydrogen-bond donors (Lipinski definition) is 3. The molecule has 0 aliphatic carbocycles. The highest BCUT2D eigenvalue weighted by Crippen LogP contribution is 2.05. The van der Waals surface area contributed by atoms with E-state index in [1.807, 2.05) is 6.07 Å². The van der Waals surface area contributed by atoms with E-state index in [-0.39, 0.29) is 6.54 Å². The minimum absolute atomic E-state index is 0.160. The van der Waals surface area contributed by atoms with Crippen LogP contribution >= 0.6 is 0 Å². The molecule has 0 heterocycles. The van der Waals surface area contributed by atoms with Crippen molar-refractivity contribution < 1.29 is 23.1 Å². The highest BCUT2D eigenvalue weighted by Gasteiger charge is 2.18. The molecule has 3 N–H and O–H groups in total. The van der Waals surface area contributed by atoms with Crippen LogP contribution in [0.4, 0.5) is 0 Å². The molecule has 0 aliphatic rings. The molecule has 9 heteroatoms. The van der Waals surface area contributed by atoms with E-state index in [1.165, 1.54) is 7.05 Å². The van der Waals surface area contributed by atoms with E-state index >= 15 is 0 Å². The lowest BCUT2D eigenvalue weighted by Gasteiger charge is -2.17. The van der Waals surface area contributed by atoms with E-state index in [0.717, 1.165) is 9.87 Å². The summed E-state index contributed by atoms with van der Waals surface area (Å²) in [6.07, 6.45) is 0. The number of carboxylic acids is 1. The molecule has 0 unspecified atom stereocenters. The number of carbonyl (C=O) groups is 2. The van der Waals surface area contributed by atoms with Crippen molar-refractivity contribution in [1.82, 2.24) is 14.3 Å². The Hall–Kier alpha value is -1.97. The summed E-state index contributed by atoms with van der Waals surface area (Å²) < 4.78 is 26.9. The molecule has 1 aromatic carbocycles. The number of aliphatic carboxylic acids is 1. The predicted molar refractivity (Wildman–Crippen MR) is 75.5 cm³/mol. The van der Waals surface area contributed by atoms with Crippen molar-refractivity contribution in [3.63, 3.8) is 0 Å². The molecule has 0 saturated heterocycles. The Labute approximate surface area is 122 Å². The Morgan fingerprint density at radius 2 is 1.81 bits per heavy atom. The van der Waals surface area contributed by atoms with Crippen LogP contribution < -0.4 is 10.0 Å². The predicted octanol–water partition coefficient (Wildman–Crippen LogP) is -0.846. The van der Waals surface area contributed by atoms with Gasteiger partial charge in [-0.25, -0.2) is 0 Å². The van der Waals surface area contributed by atoms with Crippen molar-refractivity contribution in [2.75, 3.05) is 20.1 Å². The second kappa shape index (κ2) is 7.72. The summed E-state index contributed by atoms with van der Waals surface area (Å²) in [7, 11) is -2.44. The molecular weight excluding hydrogens is 298 g/mol. The van der Waals surface area contributed by atoms with Crippen molar-refractivity contribution in [3.05, 3.63) is 35.9 Å². The van der Waals surface area contributed by atoms with Gasteiger partial charge in [-0.05, 0) is 5.56 Å². The van der Waals surface area contributed by atoms with Gasteiger partial charge < -0.3 is 10.4 Å². The molecule has 0 saturated carbocycles. The Balaban J connectivity index is 2.49. The van der Waals surface area contributed by atoms with E-state index in [1.54, 1.807) is 24.3 Å². The average Bonchev–Trinajstić information content (AvgIpc) is 2.44. The first kappa shape index (κ1) is 17.1. The first-order valence-electron chi connectivity index (χ1n) is 6.04. The number of benzene rings is 1. The maximum Gasteiger partial charge on any atom is 0.322 e. The third-order valence-electron chi connectivity index (χ3n) is 2.51. The van der Waals surface area contributed by atoms with E-state index in [4.69, 9.17) is 5.11 Å². The fraction of sp³-hybridized carbons (Fsp3) is 0.333. The van der Waals surface area contributed by atoms with Gasteiger partial charge in [0.1, 0.15) is 6.54 Å². The molecule has 21 heavy (non-hydrogen) atoms. The van der Waals surface area contributed by atoms with Gasteiger partial charge in [0.2, 0.25) is 5.91 Å². The van der Waals surface area contributed by atoms with Crippen LogP contribution in [0.2, 0.25) is 0 Å². The van der Waals surface area contributed by atoms with E-state index < -0.39 is 35.2 Å². The molecule has 0 radical (unpaired) electrons. The SMILES string of the molecule is CN(Cc1ccccc1)S(=O)(=O)NCC(=O)NCC(=O)O. The fourth-order valence-corrected chi connectivity index (χ4v) is 2.28. The van der Waals surface area contributed by atoms with Gasteiger partial charge in [0, 0.05) is 13.6 Å². The summed E-state index contributed by atoms with van der Waals surface area (Å²) >= 11 is 0. The molecule has 0 atom stereocenters. The average molecular weight is 315 g/mol. The summed E-state index contributed by atoms with van der Waals surface area (Å²) in [6, 6.07) is 8.98. The molecule has 1 rings (SSSR count). The topological polar surface area (TPSA) is 116 Å². The molecule has 1 aromatic rings. The standard InChI is InChI=1S/C12H17N3O5S/c1-15(9-10-5-3-2-4-6-10)21(19,20)14-7-11(16)13-8-12(17)18/h2-6,14H,7-9H2,1H3,(H,13,16)(H,17,18). The number of nitrogens with one attached hydrogen (secondary N) is 2. The first-order chi connectivity index (χ1) is 9.81. The van der Waals surface area contributed by atoms with Gasteiger partial charge in [-0.2, -0.15) is 17.4 Å². The zero-order valence-electron chi connectivity index (χ0n) is 11.4. The molecule has 0 aliphatic heterocycles. The molecular formula is C12H17N3O5S. The van der Waals surface area contributed by atoms with Crippen LogP contribution in [0.1, 0.15) is 5.56 Å². The highest BCUT2D eigenvalue weighted by molar-refractivity contribution is 7.87. The molecule has 0 spiro atoms. The van der Waals surface area contributed by atoms with Gasteiger partial charge in [0.15, 0.2) is 0 Å². The van der Waals surface area contributed by atoms with Crippen molar-refractivity contribution >= 4 is 22.1 Å². The zero-order chi connectivity index (χ0) is 15.9. The molecule has 1 amide bonds. The fourth-order valence-electron chi connectivity index (χ4n) is 1.43. The van der Waals surface area contributed by atoms with E-state index in [2.05, 4.69) is 10.0 Å². The van der Waals surface area contributed by atoms with Crippen LogP contribution in [0.25, 0.3) is 0 Å². The minimum atomic E-state index is -3.82. The largest absolute Gasteiger partial charge is 0.480 e. The lowest BCUT2D eigenvalue weighted by atomic mass is 10.2. The van der Waals surface area contributed by atoms with Gasteiger partial charge in [0.25, 0.3) is 10.2 Å². The summed E-state index contributed by atoms with van der Waals surface area (Å²) in [5, 5.41) is 10.4. The smallest absolute Gasteiger partial charge is 0.322 e. The summed E-state index contributed by atoms with van der Waals surface area (Å²) in [6.45, 7) is -0.915. The van der Waals surface area contributed by atoms with Gasteiger partial charge in [-0.15, -0.1) is 0 Å². The third kappa shape index (κ3) is 6.34. The van der Waals surface area contributed by atoms with Crippen LogP contribution in [0, 0.1) is 0 Å². The maximum atomic E-state index is 11.9. The normalized spacial score (nSPS) is 11.3. The molecule has 0 aromatic heterocycles. The Morgan fingerprint density at radius 3 is 2.38 bits per heavy atom. The van der Waals surface area contributed by atoms with Gasteiger partial charge in [0.05, 0.1) is 6.54 Å². The van der Waals surface area contributed by atoms with E-state index in [9.17, 15) is 18.0 Å².